The number of ketones is 1. The summed E-state index contributed by atoms with van der Waals surface area (Å²) in [4.78, 5) is 44.6. The number of carbonyl (C=O) groups is 4. The molecule has 0 atom stereocenters. The molecule has 0 saturated carbocycles. The molecule has 1 N–H and O–H groups in total. The van der Waals surface area contributed by atoms with E-state index in [1.807, 2.05) is 0 Å². The van der Waals surface area contributed by atoms with Crippen molar-refractivity contribution in [2.24, 2.45) is 0 Å². The molecule has 0 aliphatic carbocycles. The molecule has 0 rings (SSSR count). The van der Waals surface area contributed by atoms with Crippen LogP contribution in [0.1, 0.15) is 122 Å². The van der Waals surface area contributed by atoms with Crippen LogP contribution in [0.4, 0.5) is 0 Å². The third-order valence-electron chi connectivity index (χ3n) is 9.11. The highest BCUT2D eigenvalue weighted by Gasteiger charge is 2.14. The lowest BCUT2D eigenvalue weighted by Gasteiger charge is -2.09. The molecule has 17 nitrogen and oxygen atoms in total. The normalized spacial score (nSPS) is 11.3. The summed E-state index contributed by atoms with van der Waals surface area (Å²) in [5.41, 5.74) is 0. The van der Waals surface area contributed by atoms with Gasteiger partial charge in [-0.05, 0) is 6.42 Å². The number of carboxylic acids is 1. The molecule has 0 unspecified atom stereocenters. The summed E-state index contributed by atoms with van der Waals surface area (Å²) in [6.45, 7) is 11.0. The Labute approximate surface area is 372 Å². The van der Waals surface area contributed by atoms with Gasteiger partial charge in [0.1, 0.15) is 13.2 Å². The van der Waals surface area contributed by atoms with Gasteiger partial charge in [0, 0.05) is 12.8 Å². The van der Waals surface area contributed by atoms with Crippen molar-refractivity contribution in [2.45, 2.75) is 122 Å². The van der Waals surface area contributed by atoms with Crippen molar-refractivity contribution in [3.05, 3.63) is 0 Å². The summed E-state index contributed by atoms with van der Waals surface area (Å²) in [5.74, 6) is -3.39. The van der Waals surface area contributed by atoms with Crippen LogP contribution in [-0.4, -0.2) is 174 Å². The van der Waals surface area contributed by atoms with E-state index in [1.54, 1.807) is 0 Å². The second-order valence-electron chi connectivity index (χ2n) is 14.5. The first-order chi connectivity index (χ1) is 30.5. The molecular formula is C45H84O17. The Morgan fingerprint density at radius 3 is 0.774 bits per heavy atom. The van der Waals surface area contributed by atoms with Crippen LogP contribution in [0.3, 0.4) is 0 Å². The van der Waals surface area contributed by atoms with Crippen LogP contribution in [0.15, 0.2) is 0 Å². The molecule has 0 aromatic heterocycles. The van der Waals surface area contributed by atoms with Crippen molar-refractivity contribution in [1.29, 1.82) is 0 Å². The summed E-state index contributed by atoms with van der Waals surface area (Å²) in [6.07, 6.45) is 19.4. The zero-order chi connectivity index (χ0) is 45.1. The predicted octanol–water partition coefficient (Wildman–Crippen LogP) is 5.93. The van der Waals surface area contributed by atoms with E-state index in [4.69, 9.17) is 61.9 Å². The van der Waals surface area contributed by atoms with Crippen molar-refractivity contribution in [3.63, 3.8) is 0 Å². The summed E-state index contributed by atoms with van der Waals surface area (Å²) < 4.78 is 64.6. The van der Waals surface area contributed by atoms with Gasteiger partial charge in [-0.1, -0.05) is 96.8 Å². The van der Waals surface area contributed by atoms with Crippen LogP contribution in [0, 0.1) is 0 Å². The molecule has 0 aromatic carbocycles. The van der Waals surface area contributed by atoms with E-state index < -0.39 is 17.7 Å². The quantitative estimate of drug-likeness (QED) is 0.0427. The van der Waals surface area contributed by atoms with Gasteiger partial charge in [-0.2, -0.15) is 0 Å². The molecule has 0 fully saturated rings. The molecule has 366 valence electrons. The van der Waals surface area contributed by atoms with Gasteiger partial charge in [0.25, 0.3) is 0 Å². The van der Waals surface area contributed by atoms with Gasteiger partial charge < -0.3 is 61.9 Å². The molecule has 0 heterocycles. The van der Waals surface area contributed by atoms with Crippen LogP contribution in [0.2, 0.25) is 0 Å². The van der Waals surface area contributed by atoms with Gasteiger partial charge in [-0.3, -0.25) is 14.4 Å². The maximum Gasteiger partial charge on any atom is 0.372 e. The van der Waals surface area contributed by atoms with Crippen LogP contribution >= 0.6 is 0 Å². The maximum atomic E-state index is 11.9. The molecular weight excluding hydrogens is 812 g/mol. The molecule has 0 radical (unpaired) electrons. The number of hydrogen-bond donors (Lipinski definition) is 1. The zero-order valence-corrected chi connectivity index (χ0v) is 38.3. The van der Waals surface area contributed by atoms with Crippen LogP contribution in [-0.2, 0) is 76.0 Å². The fourth-order valence-electron chi connectivity index (χ4n) is 5.62. The van der Waals surface area contributed by atoms with E-state index in [2.05, 4.69) is 6.92 Å². The summed E-state index contributed by atoms with van der Waals surface area (Å²) in [6, 6.07) is 0. The number of Topliss-reactive ketones (excluding diaryl/α,β-unsaturated/α-hetero) is 1. The summed E-state index contributed by atoms with van der Waals surface area (Å²) in [5, 5.41) is 8.46. The zero-order valence-electron chi connectivity index (χ0n) is 38.3. The van der Waals surface area contributed by atoms with Gasteiger partial charge in [0.2, 0.25) is 5.78 Å². The number of ether oxygens (including phenoxy) is 12. The number of hydrogen-bond acceptors (Lipinski definition) is 16. The van der Waals surface area contributed by atoms with Gasteiger partial charge >= 0.3 is 17.9 Å². The molecule has 0 aliphatic heterocycles. The van der Waals surface area contributed by atoms with Crippen molar-refractivity contribution in [3.8, 4) is 0 Å². The molecule has 0 bridgehead atoms. The molecule has 0 aromatic rings. The van der Waals surface area contributed by atoms with E-state index in [1.165, 1.54) is 83.5 Å². The van der Waals surface area contributed by atoms with E-state index in [0.717, 1.165) is 12.8 Å². The van der Waals surface area contributed by atoms with Crippen molar-refractivity contribution in [2.75, 3.05) is 145 Å². The van der Waals surface area contributed by atoms with Gasteiger partial charge in [-0.15, -0.1) is 0 Å². The minimum absolute atomic E-state index is 0.0102. The maximum absolute atomic E-state index is 11.9. The minimum atomic E-state index is -1.56. The molecule has 62 heavy (non-hydrogen) atoms. The van der Waals surface area contributed by atoms with Gasteiger partial charge in [-0.25, -0.2) is 4.79 Å². The Morgan fingerprint density at radius 1 is 0.290 bits per heavy atom. The third kappa shape index (κ3) is 50.3. The van der Waals surface area contributed by atoms with Crippen molar-refractivity contribution < 1.29 is 81.1 Å². The Balaban J connectivity index is 3.17. The number of carboxylic acid groups (broad SMARTS) is 1. The average molecular weight is 897 g/mol. The summed E-state index contributed by atoms with van der Waals surface area (Å²) in [7, 11) is 0. The average Bonchev–Trinajstić information content (AvgIpc) is 3.26. The largest absolute Gasteiger partial charge is 0.476 e. The lowest BCUT2D eigenvalue weighted by atomic mass is 10.0. The van der Waals surface area contributed by atoms with E-state index >= 15 is 0 Å². The highest BCUT2D eigenvalue weighted by Crippen LogP contribution is 2.14. The van der Waals surface area contributed by atoms with Gasteiger partial charge in [0.05, 0.1) is 139 Å². The van der Waals surface area contributed by atoms with Crippen LogP contribution < -0.4 is 0 Å². The highest BCUT2D eigenvalue weighted by atomic mass is 16.6. The monoisotopic (exact) mass is 897 g/mol. The van der Waals surface area contributed by atoms with Gasteiger partial charge in [0.15, 0.2) is 0 Å². The molecule has 17 heteroatoms. The van der Waals surface area contributed by atoms with Crippen LogP contribution in [0.5, 0.6) is 0 Å². The predicted molar refractivity (Wildman–Crippen MR) is 232 cm³/mol. The van der Waals surface area contributed by atoms with E-state index in [0.29, 0.717) is 132 Å². The first-order valence-corrected chi connectivity index (χ1v) is 23.3. The topological polar surface area (TPSA) is 199 Å². The summed E-state index contributed by atoms with van der Waals surface area (Å²) >= 11 is 0. The number of carbonyl (C=O) groups excluding carboxylic acids is 3. The Hall–Kier alpha value is -2.32. The Morgan fingerprint density at radius 2 is 0.516 bits per heavy atom. The lowest BCUT2D eigenvalue weighted by molar-refractivity contribution is -0.151. The van der Waals surface area contributed by atoms with E-state index in [9.17, 15) is 19.2 Å². The standard InChI is InChI=1S/C45H84O17/c1-2-3-4-5-6-7-8-9-10-11-12-13-14-15-16-17-43(47)61-40-38-59-36-34-57-32-30-55-28-26-53-24-22-51-20-21-52-23-25-54-27-29-56-31-33-58-35-37-60-39-41-62-44(48)19-18-42(46)45(49)50/h2-41H2,1H3,(H,49,50). The fraction of sp³-hybridized carbons (Fsp3) is 0.911. The number of unbranched alkanes of at least 4 members (excludes halogenated alkanes) is 14. The SMILES string of the molecule is CCCCCCCCCCCCCCCCCC(=O)OCCOCCOCCOCCOCCOCCOCCOCCOCCOCCOCCOC(=O)CCC(=O)C(=O)O. The Bertz CT molecular complexity index is 986. The third-order valence-corrected chi connectivity index (χ3v) is 9.11. The number of rotatable bonds is 53. The fourth-order valence-corrected chi connectivity index (χ4v) is 5.62. The first-order valence-electron chi connectivity index (χ1n) is 23.3. The highest BCUT2D eigenvalue weighted by molar-refractivity contribution is 6.32. The van der Waals surface area contributed by atoms with E-state index in [-0.39, 0.29) is 38.6 Å². The minimum Gasteiger partial charge on any atom is -0.476 e. The molecule has 0 saturated heterocycles. The second-order valence-corrected chi connectivity index (χ2v) is 14.5. The first kappa shape index (κ1) is 59.7. The van der Waals surface area contributed by atoms with Crippen molar-refractivity contribution in [1.82, 2.24) is 0 Å². The molecule has 0 spiro atoms. The lowest BCUT2D eigenvalue weighted by Crippen LogP contribution is -2.17. The number of esters is 2. The molecule has 0 aliphatic rings. The van der Waals surface area contributed by atoms with Crippen LogP contribution in [0.25, 0.3) is 0 Å². The second kappa shape index (κ2) is 51.3. The Kier molecular flexibility index (Phi) is 49.4. The smallest absolute Gasteiger partial charge is 0.372 e. The number of aliphatic carboxylic acids is 1. The van der Waals surface area contributed by atoms with Crippen molar-refractivity contribution >= 4 is 23.7 Å². The molecule has 0 amide bonds.